The van der Waals surface area contributed by atoms with Crippen molar-refractivity contribution in [2.45, 2.75) is 84.0 Å². The van der Waals surface area contributed by atoms with Crippen LogP contribution in [0.3, 0.4) is 0 Å². The summed E-state index contributed by atoms with van der Waals surface area (Å²) >= 11 is 0. The van der Waals surface area contributed by atoms with E-state index in [-0.39, 0.29) is 0 Å². The van der Waals surface area contributed by atoms with Crippen LogP contribution in [0.5, 0.6) is 0 Å². The summed E-state index contributed by atoms with van der Waals surface area (Å²) in [6, 6.07) is 0. The molecule has 0 radical (unpaired) electrons. The summed E-state index contributed by atoms with van der Waals surface area (Å²) in [6.45, 7) is 3.41. The van der Waals surface area contributed by atoms with Crippen LogP contribution in [-0.4, -0.2) is 6.54 Å². The van der Waals surface area contributed by atoms with Crippen molar-refractivity contribution in [1.29, 1.82) is 0 Å². The Labute approximate surface area is 96.8 Å². The van der Waals surface area contributed by atoms with E-state index in [9.17, 15) is 0 Å². The largest absolute Gasteiger partial charge is 0.358 e. The highest BCUT2D eigenvalue weighted by molar-refractivity contribution is 4.47. The molecule has 0 spiro atoms. The molecular formula is C14H32N+. The van der Waals surface area contributed by atoms with Gasteiger partial charge in [-0.15, -0.1) is 0 Å². The minimum atomic E-state index is 1.12. The van der Waals surface area contributed by atoms with Gasteiger partial charge in [-0.25, -0.2) is 0 Å². The molecule has 1 nitrogen and oxygen atoms in total. The van der Waals surface area contributed by atoms with Crippen LogP contribution in [0.2, 0.25) is 0 Å². The van der Waals surface area contributed by atoms with E-state index >= 15 is 0 Å². The normalized spacial score (nSPS) is 10.8. The summed E-state index contributed by atoms with van der Waals surface area (Å²) in [5, 5.41) is 0. The standard InChI is InChI=1S/C14H31N/c1-2-3-4-5-6-7-8-9-10-11-12-13-14-15/h2-15H2,1H3/p+1. The molecule has 0 aromatic rings. The van der Waals surface area contributed by atoms with Crippen LogP contribution in [0.4, 0.5) is 0 Å². The van der Waals surface area contributed by atoms with Crippen LogP contribution in [-0.2, 0) is 0 Å². The lowest BCUT2D eigenvalue weighted by Crippen LogP contribution is -2.50. The van der Waals surface area contributed by atoms with Gasteiger partial charge in [0.1, 0.15) is 0 Å². The Hall–Kier alpha value is -0.0400. The Morgan fingerprint density at radius 1 is 0.533 bits per heavy atom. The van der Waals surface area contributed by atoms with Crippen molar-refractivity contribution in [1.82, 2.24) is 0 Å². The molecule has 0 rings (SSSR count). The van der Waals surface area contributed by atoms with Gasteiger partial charge in [-0.2, -0.15) is 0 Å². The molecule has 0 aliphatic carbocycles. The van der Waals surface area contributed by atoms with Crippen LogP contribution in [0.25, 0.3) is 0 Å². The lowest BCUT2D eigenvalue weighted by Gasteiger charge is -2.01. The fourth-order valence-corrected chi connectivity index (χ4v) is 2.02. The Morgan fingerprint density at radius 2 is 0.867 bits per heavy atom. The summed E-state index contributed by atoms with van der Waals surface area (Å²) in [4.78, 5) is 0. The summed E-state index contributed by atoms with van der Waals surface area (Å²) in [7, 11) is 0. The van der Waals surface area contributed by atoms with Crippen LogP contribution in [0.1, 0.15) is 84.0 Å². The van der Waals surface area contributed by atoms with E-state index in [2.05, 4.69) is 12.7 Å². The van der Waals surface area contributed by atoms with E-state index in [0.29, 0.717) is 0 Å². The lowest BCUT2D eigenvalue weighted by atomic mass is 10.1. The van der Waals surface area contributed by atoms with E-state index in [4.69, 9.17) is 0 Å². The predicted molar refractivity (Wildman–Crippen MR) is 68.8 cm³/mol. The first-order valence-electron chi connectivity index (χ1n) is 7.21. The molecule has 0 bridgehead atoms. The summed E-state index contributed by atoms with van der Waals surface area (Å²) in [6.07, 6.45) is 17.2. The minimum Gasteiger partial charge on any atom is -0.358 e. The summed E-state index contributed by atoms with van der Waals surface area (Å²) in [5.74, 6) is 0. The second-order valence-electron chi connectivity index (χ2n) is 4.74. The molecule has 0 aromatic heterocycles. The van der Waals surface area contributed by atoms with Gasteiger partial charge in [-0.05, 0) is 12.8 Å². The highest BCUT2D eigenvalue weighted by Crippen LogP contribution is 2.11. The molecule has 0 aliphatic rings. The quantitative estimate of drug-likeness (QED) is 0.477. The van der Waals surface area contributed by atoms with Crippen LogP contribution in [0, 0.1) is 0 Å². The zero-order valence-electron chi connectivity index (χ0n) is 10.9. The molecule has 0 saturated carbocycles. The van der Waals surface area contributed by atoms with Crippen molar-refractivity contribution in [3.05, 3.63) is 0 Å². The molecule has 0 amide bonds. The van der Waals surface area contributed by atoms with E-state index in [0.717, 1.165) is 6.54 Å². The molecule has 3 N–H and O–H groups in total. The predicted octanol–water partition coefficient (Wildman–Crippen LogP) is 3.93. The monoisotopic (exact) mass is 214 g/mol. The van der Waals surface area contributed by atoms with E-state index in [1.54, 1.807) is 0 Å². The topological polar surface area (TPSA) is 27.6 Å². The Balaban J connectivity index is 2.81. The highest BCUT2D eigenvalue weighted by Gasteiger charge is 1.92. The molecule has 0 aromatic carbocycles. The van der Waals surface area contributed by atoms with Gasteiger partial charge < -0.3 is 5.73 Å². The van der Waals surface area contributed by atoms with E-state index < -0.39 is 0 Å². The van der Waals surface area contributed by atoms with Crippen LogP contribution >= 0.6 is 0 Å². The maximum absolute atomic E-state index is 3.87. The molecule has 92 valence electrons. The average molecular weight is 214 g/mol. The van der Waals surface area contributed by atoms with Gasteiger partial charge in [-0.1, -0.05) is 71.1 Å². The van der Waals surface area contributed by atoms with Gasteiger partial charge in [0, 0.05) is 0 Å². The average Bonchev–Trinajstić information content (AvgIpc) is 2.26. The van der Waals surface area contributed by atoms with Crippen molar-refractivity contribution in [3.63, 3.8) is 0 Å². The number of unbranched alkanes of at least 4 members (excludes halogenated alkanes) is 11. The Bertz CT molecular complexity index is 89.5. The van der Waals surface area contributed by atoms with Crippen molar-refractivity contribution in [2.24, 2.45) is 0 Å². The molecular weight excluding hydrogens is 182 g/mol. The van der Waals surface area contributed by atoms with Gasteiger partial charge in [0.2, 0.25) is 0 Å². The minimum absolute atomic E-state index is 1.12. The van der Waals surface area contributed by atoms with Crippen molar-refractivity contribution in [3.8, 4) is 0 Å². The highest BCUT2D eigenvalue weighted by atomic mass is 14.5. The first kappa shape index (κ1) is 15.0. The van der Waals surface area contributed by atoms with Gasteiger partial charge in [0.25, 0.3) is 0 Å². The molecule has 0 saturated heterocycles. The molecule has 0 atom stereocenters. The third kappa shape index (κ3) is 14.0. The van der Waals surface area contributed by atoms with Crippen molar-refractivity contribution >= 4 is 0 Å². The number of quaternary nitrogens is 1. The Morgan fingerprint density at radius 3 is 1.20 bits per heavy atom. The Kier molecular flexibility index (Phi) is 13.9. The first-order chi connectivity index (χ1) is 7.41. The number of hydrogen-bond donors (Lipinski definition) is 1. The third-order valence-corrected chi connectivity index (χ3v) is 3.10. The maximum Gasteiger partial charge on any atom is 0.0739 e. The summed E-state index contributed by atoms with van der Waals surface area (Å²) in [5.41, 5.74) is 3.87. The fraction of sp³-hybridized carbons (Fsp3) is 1.00. The molecule has 0 unspecified atom stereocenters. The first-order valence-corrected chi connectivity index (χ1v) is 7.21. The molecule has 0 aliphatic heterocycles. The summed E-state index contributed by atoms with van der Waals surface area (Å²) < 4.78 is 0. The van der Waals surface area contributed by atoms with E-state index in [1.165, 1.54) is 77.0 Å². The smallest absolute Gasteiger partial charge is 0.0739 e. The van der Waals surface area contributed by atoms with Crippen molar-refractivity contribution in [2.75, 3.05) is 6.54 Å². The lowest BCUT2D eigenvalue weighted by molar-refractivity contribution is -0.368. The zero-order valence-corrected chi connectivity index (χ0v) is 10.9. The van der Waals surface area contributed by atoms with Crippen LogP contribution < -0.4 is 5.73 Å². The molecule has 15 heavy (non-hydrogen) atoms. The van der Waals surface area contributed by atoms with Gasteiger partial charge in [0.15, 0.2) is 0 Å². The van der Waals surface area contributed by atoms with Gasteiger partial charge in [-0.3, -0.25) is 0 Å². The van der Waals surface area contributed by atoms with E-state index in [1.807, 2.05) is 0 Å². The van der Waals surface area contributed by atoms with Crippen molar-refractivity contribution < 1.29 is 5.73 Å². The fourth-order valence-electron chi connectivity index (χ4n) is 2.02. The second kappa shape index (κ2) is 14.0. The zero-order chi connectivity index (χ0) is 11.2. The molecule has 1 heteroatoms. The molecule has 0 heterocycles. The molecule has 0 fully saturated rings. The second-order valence-corrected chi connectivity index (χ2v) is 4.74. The van der Waals surface area contributed by atoms with Gasteiger partial charge in [0.05, 0.1) is 6.54 Å². The third-order valence-electron chi connectivity index (χ3n) is 3.10. The van der Waals surface area contributed by atoms with Gasteiger partial charge >= 0.3 is 0 Å². The van der Waals surface area contributed by atoms with Crippen LogP contribution in [0.15, 0.2) is 0 Å². The number of hydrogen-bond acceptors (Lipinski definition) is 0. The SMILES string of the molecule is CCCCCCCCCCCCCC[NH3+]. The number of rotatable bonds is 12. The maximum atomic E-state index is 3.87.